The summed E-state index contributed by atoms with van der Waals surface area (Å²) in [6.45, 7) is 0. The van der Waals surface area contributed by atoms with Crippen LogP contribution in [0.3, 0.4) is 0 Å². The topological polar surface area (TPSA) is 46.4 Å². The van der Waals surface area contributed by atoms with E-state index in [1.165, 1.54) is 21.5 Å². The Bertz CT molecular complexity index is 2640. The van der Waals surface area contributed by atoms with Crippen LogP contribution in [-0.4, -0.2) is 14.2 Å². The van der Waals surface area contributed by atoms with Crippen molar-refractivity contribution >= 4 is 38.6 Å². The standard InChI is InChI=1S/C48H35N3O2/c1-52-34-23-19-30(20-24-34)36-27-28-37(31-21-25-35(53-2)26-22-31)45-44(36)49-46-40-15-7-9-17-42(40)51(43-18-10-8-16-41(43)47(46)50-45)48-38-13-5-3-11-32(38)29-33-12-4-6-14-39(33)48/h3-29,46-47H,1-2H3. The molecule has 0 saturated heterocycles. The molecular weight excluding hydrogens is 651 g/mol. The zero-order valence-electron chi connectivity index (χ0n) is 29.4. The lowest BCUT2D eigenvalue weighted by molar-refractivity contribution is 0.414. The number of fused-ring (bicyclic) bond motifs is 8. The summed E-state index contributed by atoms with van der Waals surface area (Å²) in [5.74, 6) is 1.63. The van der Waals surface area contributed by atoms with Crippen molar-refractivity contribution in [3.8, 4) is 33.8 Å². The van der Waals surface area contributed by atoms with Crippen LogP contribution in [0.2, 0.25) is 0 Å². The van der Waals surface area contributed by atoms with Crippen molar-refractivity contribution in [3.05, 3.63) is 186 Å². The molecule has 0 fully saturated rings. The van der Waals surface area contributed by atoms with Crippen LogP contribution in [0.15, 0.2) is 174 Å². The third-order valence-corrected chi connectivity index (χ3v) is 10.7. The van der Waals surface area contributed by atoms with E-state index in [-0.39, 0.29) is 12.1 Å². The molecule has 2 aliphatic rings. The molecule has 53 heavy (non-hydrogen) atoms. The van der Waals surface area contributed by atoms with Crippen molar-refractivity contribution in [3.63, 3.8) is 0 Å². The third-order valence-electron chi connectivity index (χ3n) is 10.7. The first kappa shape index (κ1) is 31.1. The van der Waals surface area contributed by atoms with Gasteiger partial charge in [-0.25, -0.2) is 0 Å². The van der Waals surface area contributed by atoms with E-state index in [2.05, 4.69) is 144 Å². The van der Waals surface area contributed by atoms with Crippen molar-refractivity contribution in [1.29, 1.82) is 0 Å². The second-order valence-corrected chi connectivity index (χ2v) is 13.6. The molecule has 5 heteroatoms. The first-order chi connectivity index (χ1) is 26.2. The zero-order valence-corrected chi connectivity index (χ0v) is 29.4. The summed E-state index contributed by atoms with van der Waals surface area (Å²) in [5.41, 5.74) is 9.84. The van der Waals surface area contributed by atoms with E-state index in [0.29, 0.717) is 0 Å². The highest BCUT2D eigenvalue weighted by atomic mass is 16.5. The molecule has 0 spiro atoms. The Hall–Kier alpha value is -6.72. The number of hydrogen-bond acceptors (Lipinski definition) is 5. The molecule has 2 unspecified atom stereocenters. The molecule has 2 aliphatic heterocycles. The second kappa shape index (κ2) is 12.5. The Morgan fingerprint density at radius 2 is 0.868 bits per heavy atom. The SMILES string of the molecule is COc1ccc(-c2ccc(-c3ccc(OC)cc3)c3c2=NC2c4ccccc4N(c4c5ccccc5cc5ccccc45)c4ccccc4C2N=3)cc1. The summed E-state index contributed by atoms with van der Waals surface area (Å²) >= 11 is 0. The molecule has 254 valence electrons. The molecule has 0 bridgehead atoms. The van der Waals surface area contributed by atoms with Crippen LogP contribution in [0.1, 0.15) is 23.2 Å². The Morgan fingerprint density at radius 3 is 1.32 bits per heavy atom. The number of nitrogens with zero attached hydrogens (tertiary/aromatic N) is 3. The number of hydrogen-bond donors (Lipinski definition) is 0. The highest BCUT2D eigenvalue weighted by Crippen LogP contribution is 2.53. The fourth-order valence-corrected chi connectivity index (χ4v) is 8.23. The van der Waals surface area contributed by atoms with Crippen LogP contribution in [0.4, 0.5) is 17.1 Å². The molecule has 8 aromatic rings. The number of ether oxygens (including phenoxy) is 2. The molecule has 10 rings (SSSR count). The van der Waals surface area contributed by atoms with Crippen molar-refractivity contribution in [2.45, 2.75) is 12.1 Å². The summed E-state index contributed by atoms with van der Waals surface area (Å²) in [6, 6.07) is 57.5. The van der Waals surface area contributed by atoms with E-state index < -0.39 is 0 Å². The molecule has 0 amide bonds. The Balaban J connectivity index is 1.29. The number of methoxy groups -OCH3 is 2. The van der Waals surface area contributed by atoms with E-state index in [1.54, 1.807) is 14.2 Å². The third kappa shape index (κ3) is 5.00. The summed E-state index contributed by atoms with van der Waals surface area (Å²) in [6.07, 6.45) is 0. The largest absolute Gasteiger partial charge is 0.497 e. The van der Waals surface area contributed by atoms with Gasteiger partial charge in [-0.1, -0.05) is 121 Å². The Labute approximate surface area is 307 Å². The fraction of sp³-hybridized carbons (Fsp3) is 0.0833. The van der Waals surface area contributed by atoms with Crippen LogP contribution in [0.25, 0.3) is 43.8 Å². The molecule has 0 aromatic heterocycles. The lowest BCUT2D eigenvalue weighted by Crippen LogP contribution is -2.35. The molecule has 0 N–H and O–H groups in total. The summed E-state index contributed by atoms with van der Waals surface area (Å²) in [5, 5.41) is 6.57. The molecule has 0 saturated carbocycles. The van der Waals surface area contributed by atoms with Gasteiger partial charge in [0, 0.05) is 33.0 Å². The van der Waals surface area contributed by atoms with Gasteiger partial charge in [-0.05, 0) is 64.4 Å². The quantitative estimate of drug-likeness (QED) is 0.169. The van der Waals surface area contributed by atoms with Crippen molar-refractivity contribution in [1.82, 2.24) is 0 Å². The smallest absolute Gasteiger partial charge is 0.118 e. The Morgan fingerprint density at radius 1 is 0.453 bits per heavy atom. The van der Waals surface area contributed by atoms with Gasteiger partial charge in [0.1, 0.15) is 23.6 Å². The summed E-state index contributed by atoms with van der Waals surface area (Å²) < 4.78 is 11.0. The molecule has 5 nitrogen and oxygen atoms in total. The number of para-hydroxylation sites is 2. The average molecular weight is 686 g/mol. The lowest BCUT2D eigenvalue weighted by Gasteiger charge is -2.30. The number of rotatable bonds is 5. The monoisotopic (exact) mass is 685 g/mol. The van der Waals surface area contributed by atoms with Crippen LogP contribution in [0, 0.1) is 0 Å². The van der Waals surface area contributed by atoms with Gasteiger partial charge in [-0.2, -0.15) is 0 Å². The highest BCUT2D eigenvalue weighted by molar-refractivity contribution is 6.14. The predicted molar refractivity (Wildman–Crippen MR) is 214 cm³/mol. The number of anilines is 3. The minimum absolute atomic E-state index is 0.269. The Kier molecular flexibility index (Phi) is 7.32. The highest BCUT2D eigenvalue weighted by Gasteiger charge is 2.37. The first-order valence-electron chi connectivity index (χ1n) is 18.0. The van der Waals surface area contributed by atoms with Crippen LogP contribution < -0.4 is 25.1 Å². The van der Waals surface area contributed by atoms with Crippen molar-refractivity contribution in [2.24, 2.45) is 9.98 Å². The first-order valence-corrected chi connectivity index (χ1v) is 18.0. The van der Waals surface area contributed by atoms with Gasteiger partial charge < -0.3 is 14.4 Å². The molecular formula is C48H35N3O2. The molecule has 8 aromatic carbocycles. The summed E-state index contributed by atoms with van der Waals surface area (Å²) in [4.78, 5) is 14.0. The average Bonchev–Trinajstić information content (AvgIpc) is 3.34. The van der Waals surface area contributed by atoms with E-state index in [0.717, 1.165) is 72.7 Å². The maximum absolute atomic E-state index is 5.78. The molecule has 0 radical (unpaired) electrons. The zero-order chi connectivity index (χ0) is 35.5. The summed E-state index contributed by atoms with van der Waals surface area (Å²) in [7, 11) is 3.39. The minimum atomic E-state index is -0.269. The van der Waals surface area contributed by atoms with E-state index >= 15 is 0 Å². The van der Waals surface area contributed by atoms with Crippen LogP contribution in [0.5, 0.6) is 11.5 Å². The van der Waals surface area contributed by atoms with Gasteiger partial charge in [0.25, 0.3) is 0 Å². The van der Waals surface area contributed by atoms with Crippen LogP contribution >= 0.6 is 0 Å². The van der Waals surface area contributed by atoms with Gasteiger partial charge in [-0.15, -0.1) is 0 Å². The molecule has 2 heterocycles. The lowest BCUT2D eigenvalue weighted by atomic mass is 9.91. The van der Waals surface area contributed by atoms with Crippen LogP contribution in [-0.2, 0) is 0 Å². The van der Waals surface area contributed by atoms with Gasteiger partial charge >= 0.3 is 0 Å². The van der Waals surface area contributed by atoms with E-state index in [9.17, 15) is 0 Å². The minimum Gasteiger partial charge on any atom is -0.497 e. The number of benzene rings is 8. The fourth-order valence-electron chi connectivity index (χ4n) is 8.23. The molecule has 0 aliphatic carbocycles. The predicted octanol–water partition coefficient (Wildman–Crippen LogP) is 10.9. The van der Waals surface area contributed by atoms with E-state index in [4.69, 9.17) is 19.5 Å². The normalized spacial score (nSPS) is 15.6. The maximum Gasteiger partial charge on any atom is 0.118 e. The van der Waals surface area contributed by atoms with Crippen molar-refractivity contribution in [2.75, 3.05) is 19.1 Å². The van der Waals surface area contributed by atoms with Gasteiger partial charge in [-0.3, -0.25) is 9.98 Å². The van der Waals surface area contributed by atoms with Gasteiger partial charge in [0.05, 0.1) is 42.0 Å². The molecule has 2 atom stereocenters. The van der Waals surface area contributed by atoms with Gasteiger partial charge in [0.15, 0.2) is 0 Å². The van der Waals surface area contributed by atoms with Gasteiger partial charge in [0.2, 0.25) is 0 Å². The second-order valence-electron chi connectivity index (χ2n) is 13.6. The van der Waals surface area contributed by atoms with E-state index in [1.807, 2.05) is 24.3 Å². The van der Waals surface area contributed by atoms with Crippen molar-refractivity contribution < 1.29 is 9.47 Å². The maximum atomic E-state index is 5.78.